The molecule has 2 atom stereocenters. The molecular formula is C17H22N2O. The zero-order valence-corrected chi connectivity index (χ0v) is 12.2. The predicted octanol–water partition coefficient (Wildman–Crippen LogP) is 3.96. The number of nitrogens with one attached hydrogen (secondary N) is 1. The van der Waals surface area contributed by atoms with Crippen LogP contribution in [0.2, 0.25) is 0 Å². The molecule has 0 saturated heterocycles. The molecule has 0 aliphatic heterocycles. The number of rotatable bonds is 6. The van der Waals surface area contributed by atoms with E-state index in [1.807, 2.05) is 6.07 Å². The quantitative estimate of drug-likeness (QED) is 0.850. The Hall–Kier alpha value is -1.82. The highest BCUT2D eigenvalue weighted by Crippen LogP contribution is 2.43. The fourth-order valence-electron chi connectivity index (χ4n) is 2.59. The molecule has 106 valence electrons. The number of carbonyl (C=O) groups is 1. The molecule has 1 aliphatic carbocycles. The topological polar surface area (TPSA) is 52.9 Å². The highest BCUT2D eigenvalue weighted by molar-refractivity contribution is 5.95. The summed E-state index contributed by atoms with van der Waals surface area (Å²) in [6, 6.07) is 9.26. The number of hydrogen-bond acceptors (Lipinski definition) is 2. The van der Waals surface area contributed by atoms with E-state index < -0.39 is 0 Å². The van der Waals surface area contributed by atoms with Crippen LogP contribution in [0.1, 0.15) is 45.1 Å². The molecule has 20 heavy (non-hydrogen) atoms. The fraction of sp³-hybridized carbons (Fsp3) is 0.529. The molecule has 1 fully saturated rings. The van der Waals surface area contributed by atoms with Crippen LogP contribution in [0.15, 0.2) is 24.3 Å². The van der Waals surface area contributed by atoms with Crippen LogP contribution < -0.4 is 5.32 Å². The van der Waals surface area contributed by atoms with Gasteiger partial charge in [0, 0.05) is 5.92 Å². The highest BCUT2D eigenvalue weighted by Gasteiger charge is 2.42. The van der Waals surface area contributed by atoms with Gasteiger partial charge >= 0.3 is 0 Å². The molecule has 3 nitrogen and oxygen atoms in total. The van der Waals surface area contributed by atoms with Crippen LogP contribution in [0.5, 0.6) is 0 Å². The molecule has 1 aromatic rings. The van der Waals surface area contributed by atoms with Gasteiger partial charge in [0.15, 0.2) is 0 Å². The number of carbonyl (C=O) groups excluding carboxylic acids is 1. The van der Waals surface area contributed by atoms with Gasteiger partial charge in [-0.15, -0.1) is 0 Å². The van der Waals surface area contributed by atoms with E-state index >= 15 is 0 Å². The van der Waals surface area contributed by atoms with Gasteiger partial charge in [0.2, 0.25) is 5.91 Å². The summed E-state index contributed by atoms with van der Waals surface area (Å²) in [7, 11) is 0. The minimum atomic E-state index is 0.0715. The molecule has 1 aromatic carbocycles. The van der Waals surface area contributed by atoms with E-state index in [1.165, 1.54) is 12.8 Å². The predicted molar refractivity (Wildman–Crippen MR) is 80.1 cm³/mol. The average molecular weight is 270 g/mol. The first kappa shape index (κ1) is 14.6. The van der Waals surface area contributed by atoms with Gasteiger partial charge in [0.1, 0.15) is 6.07 Å². The lowest BCUT2D eigenvalue weighted by atomic mass is 10.0. The van der Waals surface area contributed by atoms with Crippen molar-refractivity contribution in [1.29, 1.82) is 5.26 Å². The first-order chi connectivity index (χ1) is 9.61. The molecule has 1 N–H and O–H groups in total. The Morgan fingerprint density at radius 1 is 1.45 bits per heavy atom. The standard InChI is InChI=1S/C17H22N2O/c1-12(2)6-5-8-13-10-15(13)17(20)19-16-9-4-3-7-14(16)11-18/h3-4,7,9,12-13,15H,5-6,8,10H2,1-2H3,(H,19,20)/t13-,15+/m1/s1. The average Bonchev–Trinajstić information content (AvgIpc) is 3.18. The van der Waals surface area contributed by atoms with E-state index in [4.69, 9.17) is 5.26 Å². The Morgan fingerprint density at radius 3 is 2.90 bits per heavy atom. The largest absolute Gasteiger partial charge is 0.325 e. The minimum absolute atomic E-state index is 0.0715. The third-order valence-corrected chi connectivity index (χ3v) is 3.92. The monoisotopic (exact) mass is 270 g/mol. The maximum Gasteiger partial charge on any atom is 0.227 e. The molecular weight excluding hydrogens is 248 g/mol. The maximum atomic E-state index is 12.1. The lowest BCUT2D eigenvalue weighted by Crippen LogP contribution is -2.15. The summed E-state index contributed by atoms with van der Waals surface area (Å²) in [5, 5.41) is 11.9. The Kier molecular flexibility index (Phi) is 4.79. The van der Waals surface area contributed by atoms with E-state index in [1.54, 1.807) is 18.2 Å². The number of anilines is 1. The molecule has 0 unspecified atom stereocenters. The zero-order valence-electron chi connectivity index (χ0n) is 12.2. The van der Waals surface area contributed by atoms with Crippen molar-refractivity contribution in [2.24, 2.45) is 17.8 Å². The third kappa shape index (κ3) is 3.84. The van der Waals surface area contributed by atoms with Crippen LogP contribution in [0, 0.1) is 29.1 Å². The van der Waals surface area contributed by atoms with E-state index in [0.29, 0.717) is 17.2 Å². The molecule has 1 aliphatic rings. The van der Waals surface area contributed by atoms with Crippen molar-refractivity contribution < 1.29 is 4.79 Å². The molecule has 1 saturated carbocycles. The van der Waals surface area contributed by atoms with Crippen molar-refractivity contribution in [2.75, 3.05) is 5.32 Å². The fourth-order valence-corrected chi connectivity index (χ4v) is 2.59. The van der Waals surface area contributed by atoms with Crippen molar-refractivity contribution in [2.45, 2.75) is 39.5 Å². The van der Waals surface area contributed by atoms with Gasteiger partial charge < -0.3 is 5.32 Å². The second-order valence-corrected chi connectivity index (χ2v) is 6.07. The Labute approximate surface area is 121 Å². The van der Waals surface area contributed by atoms with Gasteiger partial charge in [-0.1, -0.05) is 38.8 Å². The molecule has 1 amide bonds. The third-order valence-electron chi connectivity index (χ3n) is 3.92. The van der Waals surface area contributed by atoms with Gasteiger partial charge in [-0.2, -0.15) is 5.26 Å². The molecule has 3 heteroatoms. The Bertz CT molecular complexity index is 516. The van der Waals surface area contributed by atoms with Gasteiger partial charge in [-0.05, 0) is 36.8 Å². The number of para-hydroxylation sites is 1. The van der Waals surface area contributed by atoms with Crippen LogP contribution in [0.25, 0.3) is 0 Å². The molecule has 0 heterocycles. The normalized spacial score (nSPS) is 20.5. The first-order valence-electron chi connectivity index (χ1n) is 7.41. The smallest absolute Gasteiger partial charge is 0.227 e. The highest BCUT2D eigenvalue weighted by atomic mass is 16.2. The van der Waals surface area contributed by atoms with E-state index in [9.17, 15) is 4.79 Å². The van der Waals surface area contributed by atoms with E-state index in [-0.39, 0.29) is 11.8 Å². The van der Waals surface area contributed by atoms with E-state index in [2.05, 4.69) is 25.2 Å². The van der Waals surface area contributed by atoms with Crippen LogP contribution in [-0.4, -0.2) is 5.91 Å². The Morgan fingerprint density at radius 2 is 2.20 bits per heavy atom. The lowest BCUT2D eigenvalue weighted by Gasteiger charge is -2.07. The number of hydrogen-bond donors (Lipinski definition) is 1. The van der Waals surface area contributed by atoms with Crippen molar-refractivity contribution in [3.8, 4) is 6.07 Å². The van der Waals surface area contributed by atoms with Gasteiger partial charge in [-0.3, -0.25) is 4.79 Å². The molecule has 0 radical (unpaired) electrons. The summed E-state index contributed by atoms with van der Waals surface area (Å²) in [5.41, 5.74) is 1.16. The van der Waals surface area contributed by atoms with Crippen molar-refractivity contribution in [1.82, 2.24) is 0 Å². The van der Waals surface area contributed by atoms with Crippen LogP contribution in [0.3, 0.4) is 0 Å². The Balaban J connectivity index is 1.81. The summed E-state index contributed by atoms with van der Waals surface area (Å²) >= 11 is 0. The maximum absolute atomic E-state index is 12.1. The number of nitriles is 1. The SMILES string of the molecule is CC(C)CCC[C@@H]1C[C@@H]1C(=O)Nc1ccccc1C#N. The van der Waals surface area contributed by atoms with Gasteiger partial charge in [0.25, 0.3) is 0 Å². The van der Waals surface area contributed by atoms with Crippen molar-refractivity contribution >= 4 is 11.6 Å². The van der Waals surface area contributed by atoms with Crippen LogP contribution in [-0.2, 0) is 4.79 Å². The molecule has 0 bridgehead atoms. The van der Waals surface area contributed by atoms with Gasteiger partial charge in [-0.25, -0.2) is 0 Å². The number of amides is 1. The number of nitrogens with zero attached hydrogens (tertiary/aromatic N) is 1. The lowest BCUT2D eigenvalue weighted by molar-refractivity contribution is -0.117. The molecule has 0 aromatic heterocycles. The minimum Gasteiger partial charge on any atom is -0.325 e. The summed E-state index contributed by atoms with van der Waals surface area (Å²) in [4.78, 5) is 12.1. The molecule has 2 rings (SSSR count). The summed E-state index contributed by atoms with van der Waals surface area (Å²) < 4.78 is 0. The second-order valence-electron chi connectivity index (χ2n) is 6.07. The second kappa shape index (κ2) is 6.56. The summed E-state index contributed by atoms with van der Waals surface area (Å²) in [5.74, 6) is 1.50. The zero-order chi connectivity index (χ0) is 14.5. The van der Waals surface area contributed by atoms with E-state index in [0.717, 1.165) is 18.8 Å². The number of benzene rings is 1. The van der Waals surface area contributed by atoms with Crippen molar-refractivity contribution in [3.63, 3.8) is 0 Å². The van der Waals surface area contributed by atoms with Crippen LogP contribution >= 0.6 is 0 Å². The molecule has 0 spiro atoms. The summed E-state index contributed by atoms with van der Waals surface area (Å²) in [6.07, 6.45) is 4.60. The van der Waals surface area contributed by atoms with Crippen LogP contribution in [0.4, 0.5) is 5.69 Å². The van der Waals surface area contributed by atoms with Gasteiger partial charge in [0.05, 0.1) is 11.3 Å². The first-order valence-corrected chi connectivity index (χ1v) is 7.41. The van der Waals surface area contributed by atoms with Crippen molar-refractivity contribution in [3.05, 3.63) is 29.8 Å². The summed E-state index contributed by atoms with van der Waals surface area (Å²) in [6.45, 7) is 4.46.